The Labute approximate surface area is 163 Å². The lowest BCUT2D eigenvalue weighted by Gasteiger charge is -2.33. The fraction of sp³-hybridized carbons (Fsp3) is 0.130. The first-order valence-electron chi connectivity index (χ1n) is 9.14. The molecule has 0 spiro atoms. The van der Waals surface area contributed by atoms with Gasteiger partial charge in [-0.3, -0.25) is 9.59 Å². The first-order valence-corrected chi connectivity index (χ1v) is 9.14. The summed E-state index contributed by atoms with van der Waals surface area (Å²) >= 11 is 0. The number of amides is 2. The second-order valence-corrected chi connectivity index (χ2v) is 6.67. The maximum absolute atomic E-state index is 12.8. The van der Waals surface area contributed by atoms with Gasteiger partial charge in [0, 0.05) is 11.3 Å². The van der Waals surface area contributed by atoms with Crippen LogP contribution in [0.5, 0.6) is 5.75 Å². The molecule has 1 N–H and O–H groups in total. The summed E-state index contributed by atoms with van der Waals surface area (Å²) in [4.78, 5) is 26.9. The number of anilines is 2. The van der Waals surface area contributed by atoms with E-state index in [4.69, 9.17) is 4.74 Å². The topological polar surface area (TPSA) is 58.6 Å². The maximum atomic E-state index is 12.8. The van der Waals surface area contributed by atoms with E-state index < -0.39 is 6.10 Å². The van der Waals surface area contributed by atoms with E-state index in [2.05, 4.69) is 5.32 Å². The highest BCUT2D eigenvalue weighted by Gasteiger charge is 2.31. The van der Waals surface area contributed by atoms with Crippen LogP contribution in [0.1, 0.15) is 22.8 Å². The first-order chi connectivity index (χ1) is 13.6. The smallest absolute Gasteiger partial charge is 0.268 e. The summed E-state index contributed by atoms with van der Waals surface area (Å²) < 4.78 is 5.75. The highest BCUT2D eigenvalue weighted by Crippen LogP contribution is 2.37. The Bertz CT molecular complexity index is 1000. The van der Waals surface area contributed by atoms with Gasteiger partial charge < -0.3 is 15.0 Å². The molecule has 0 saturated carbocycles. The summed E-state index contributed by atoms with van der Waals surface area (Å²) in [7, 11) is 0. The molecule has 1 aliphatic heterocycles. The lowest BCUT2D eigenvalue weighted by molar-refractivity contribution is -0.125. The van der Waals surface area contributed by atoms with Crippen molar-refractivity contribution in [3.63, 3.8) is 0 Å². The van der Waals surface area contributed by atoms with Gasteiger partial charge in [-0.15, -0.1) is 0 Å². The van der Waals surface area contributed by atoms with Gasteiger partial charge in [0.15, 0.2) is 6.10 Å². The quantitative estimate of drug-likeness (QED) is 0.745. The molecule has 1 heterocycles. The SMILES string of the molecule is CC1Oc2ccc(NC(=O)c3ccccc3)cc2N(Cc2ccccc2)C1=O. The Kier molecular flexibility index (Phi) is 4.81. The van der Waals surface area contributed by atoms with Crippen molar-refractivity contribution in [1.82, 2.24) is 0 Å². The van der Waals surface area contributed by atoms with Crippen LogP contribution in [0.3, 0.4) is 0 Å². The molecule has 2 amide bonds. The molecule has 0 bridgehead atoms. The molecule has 5 heteroatoms. The molecular weight excluding hydrogens is 352 g/mol. The van der Waals surface area contributed by atoms with Crippen LogP contribution < -0.4 is 15.0 Å². The average Bonchev–Trinajstić information content (AvgIpc) is 2.73. The van der Waals surface area contributed by atoms with Gasteiger partial charge in [0.2, 0.25) is 0 Å². The fourth-order valence-electron chi connectivity index (χ4n) is 3.21. The Morgan fingerprint density at radius 3 is 2.39 bits per heavy atom. The van der Waals surface area contributed by atoms with Crippen molar-refractivity contribution < 1.29 is 14.3 Å². The molecule has 1 aliphatic rings. The molecule has 28 heavy (non-hydrogen) atoms. The molecule has 5 nitrogen and oxygen atoms in total. The molecule has 0 saturated heterocycles. The van der Waals surface area contributed by atoms with Crippen molar-refractivity contribution in [3.05, 3.63) is 90.0 Å². The molecule has 0 aromatic heterocycles. The number of carbonyl (C=O) groups is 2. The van der Waals surface area contributed by atoms with E-state index in [9.17, 15) is 9.59 Å². The lowest BCUT2D eigenvalue weighted by Crippen LogP contribution is -2.44. The highest BCUT2D eigenvalue weighted by atomic mass is 16.5. The van der Waals surface area contributed by atoms with Gasteiger partial charge in [-0.1, -0.05) is 48.5 Å². The number of nitrogens with zero attached hydrogens (tertiary/aromatic N) is 1. The zero-order chi connectivity index (χ0) is 19.5. The molecule has 1 atom stereocenters. The number of hydrogen-bond donors (Lipinski definition) is 1. The number of rotatable bonds is 4. The predicted molar refractivity (Wildman–Crippen MR) is 109 cm³/mol. The average molecular weight is 372 g/mol. The summed E-state index contributed by atoms with van der Waals surface area (Å²) in [6.07, 6.45) is -0.555. The minimum Gasteiger partial charge on any atom is -0.479 e. The van der Waals surface area contributed by atoms with Crippen LogP contribution in [0.15, 0.2) is 78.9 Å². The van der Waals surface area contributed by atoms with Crippen LogP contribution in [-0.2, 0) is 11.3 Å². The lowest BCUT2D eigenvalue weighted by atomic mass is 10.1. The van der Waals surface area contributed by atoms with E-state index in [-0.39, 0.29) is 11.8 Å². The maximum Gasteiger partial charge on any atom is 0.268 e. The van der Waals surface area contributed by atoms with Crippen LogP contribution in [0.25, 0.3) is 0 Å². The van der Waals surface area contributed by atoms with Crippen LogP contribution in [0.2, 0.25) is 0 Å². The predicted octanol–water partition coefficient (Wildman–Crippen LogP) is 4.25. The third-order valence-electron chi connectivity index (χ3n) is 4.64. The Morgan fingerprint density at radius 1 is 1.00 bits per heavy atom. The molecule has 3 aromatic carbocycles. The zero-order valence-electron chi connectivity index (χ0n) is 15.5. The first kappa shape index (κ1) is 17.8. The third-order valence-corrected chi connectivity index (χ3v) is 4.64. The summed E-state index contributed by atoms with van der Waals surface area (Å²) in [6.45, 7) is 2.19. The molecule has 0 radical (unpaired) electrons. The molecule has 140 valence electrons. The van der Waals surface area contributed by atoms with Crippen molar-refractivity contribution in [2.24, 2.45) is 0 Å². The van der Waals surface area contributed by atoms with Gasteiger partial charge in [-0.05, 0) is 42.8 Å². The monoisotopic (exact) mass is 372 g/mol. The van der Waals surface area contributed by atoms with E-state index in [1.807, 2.05) is 48.5 Å². The third kappa shape index (κ3) is 3.60. The van der Waals surface area contributed by atoms with Gasteiger partial charge >= 0.3 is 0 Å². The minimum atomic E-state index is -0.555. The minimum absolute atomic E-state index is 0.108. The van der Waals surface area contributed by atoms with Crippen LogP contribution >= 0.6 is 0 Å². The zero-order valence-corrected chi connectivity index (χ0v) is 15.5. The van der Waals surface area contributed by atoms with Crippen molar-refractivity contribution in [3.8, 4) is 5.75 Å². The van der Waals surface area contributed by atoms with Gasteiger partial charge in [-0.2, -0.15) is 0 Å². The van der Waals surface area contributed by atoms with Crippen molar-refractivity contribution in [2.75, 3.05) is 10.2 Å². The standard InChI is InChI=1S/C23H20N2O3/c1-16-23(27)25(15-17-8-4-2-5-9-17)20-14-19(12-13-21(20)28-16)24-22(26)18-10-6-3-7-11-18/h2-14,16H,15H2,1H3,(H,24,26). The fourth-order valence-corrected chi connectivity index (χ4v) is 3.21. The number of nitrogens with one attached hydrogen (secondary N) is 1. The number of ether oxygens (including phenoxy) is 1. The Hall–Kier alpha value is -3.60. The van der Waals surface area contributed by atoms with Gasteiger partial charge in [0.1, 0.15) is 5.75 Å². The van der Waals surface area contributed by atoms with Crippen molar-refractivity contribution in [1.29, 1.82) is 0 Å². The molecule has 1 unspecified atom stereocenters. The summed E-state index contributed by atoms with van der Waals surface area (Å²) in [5.41, 5.74) is 2.85. The molecule has 0 aliphatic carbocycles. The number of fused-ring (bicyclic) bond motifs is 1. The Balaban J connectivity index is 1.63. The van der Waals surface area contributed by atoms with Gasteiger partial charge in [0.25, 0.3) is 11.8 Å². The second kappa shape index (κ2) is 7.56. The normalized spacial score (nSPS) is 15.5. The highest BCUT2D eigenvalue weighted by molar-refractivity contribution is 6.05. The van der Waals surface area contributed by atoms with Gasteiger partial charge in [0.05, 0.1) is 12.2 Å². The number of carbonyl (C=O) groups excluding carboxylic acids is 2. The molecule has 4 rings (SSSR count). The summed E-state index contributed by atoms with van der Waals surface area (Å²) in [6, 6.07) is 24.1. The van der Waals surface area contributed by atoms with Crippen molar-refractivity contribution in [2.45, 2.75) is 19.6 Å². The Morgan fingerprint density at radius 2 is 1.68 bits per heavy atom. The van der Waals surface area contributed by atoms with Crippen LogP contribution in [0.4, 0.5) is 11.4 Å². The van der Waals surface area contributed by atoms with E-state index in [0.29, 0.717) is 29.2 Å². The van der Waals surface area contributed by atoms with Crippen LogP contribution in [0, 0.1) is 0 Å². The molecular formula is C23H20N2O3. The van der Waals surface area contributed by atoms with E-state index >= 15 is 0 Å². The molecule has 0 fully saturated rings. The molecule has 3 aromatic rings. The van der Waals surface area contributed by atoms with E-state index in [0.717, 1.165) is 5.56 Å². The largest absolute Gasteiger partial charge is 0.479 e. The van der Waals surface area contributed by atoms with E-state index in [1.165, 1.54) is 0 Å². The number of hydrogen-bond acceptors (Lipinski definition) is 3. The van der Waals surface area contributed by atoms with Crippen LogP contribution in [-0.4, -0.2) is 17.9 Å². The number of benzene rings is 3. The summed E-state index contributed by atoms with van der Waals surface area (Å²) in [5.74, 6) is 0.315. The second-order valence-electron chi connectivity index (χ2n) is 6.67. The summed E-state index contributed by atoms with van der Waals surface area (Å²) in [5, 5.41) is 2.89. The van der Waals surface area contributed by atoms with E-state index in [1.54, 1.807) is 42.2 Å². The van der Waals surface area contributed by atoms with Gasteiger partial charge in [-0.25, -0.2) is 0 Å². The van der Waals surface area contributed by atoms with Crippen molar-refractivity contribution >= 4 is 23.2 Å².